The third-order valence-electron chi connectivity index (χ3n) is 3.27. The van der Waals surface area contributed by atoms with Gasteiger partial charge in [-0.3, -0.25) is 5.32 Å². The van der Waals surface area contributed by atoms with Gasteiger partial charge in [-0.15, -0.1) is 0 Å². The first-order valence-electron chi connectivity index (χ1n) is 7.20. The third kappa shape index (κ3) is 3.54. The SMILES string of the molecule is CCOC(=O)NC(=S)Nc1ccc2cc3ccccc3nc2c1. The van der Waals surface area contributed by atoms with Gasteiger partial charge in [-0.2, -0.15) is 0 Å². The molecule has 0 radical (unpaired) electrons. The maximum atomic E-state index is 11.3. The van der Waals surface area contributed by atoms with Crippen molar-refractivity contribution in [2.45, 2.75) is 6.92 Å². The van der Waals surface area contributed by atoms with Crippen molar-refractivity contribution in [3.05, 3.63) is 48.5 Å². The summed E-state index contributed by atoms with van der Waals surface area (Å²) in [5.74, 6) is 0. The minimum atomic E-state index is -0.574. The summed E-state index contributed by atoms with van der Waals surface area (Å²) >= 11 is 5.08. The molecule has 3 rings (SSSR count). The molecule has 0 atom stereocenters. The molecule has 0 unspecified atom stereocenters. The number of fused-ring (bicyclic) bond motifs is 2. The van der Waals surface area contributed by atoms with Crippen molar-refractivity contribution in [2.75, 3.05) is 11.9 Å². The average molecular weight is 325 g/mol. The van der Waals surface area contributed by atoms with Gasteiger partial charge in [0.2, 0.25) is 0 Å². The zero-order chi connectivity index (χ0) is 16.2. The van der Waals surface area contributed by atoms with Gasteiger partial charge in [0.15, 0.2) is 5.11 Å². The van der Waals surface area contributed by atoms with Gasteiger partial charge in [0.05, 0.1) is 17.6 Å². The summed E-state index contributed by atoms with van der Waals surface area (Å²) in [5.41, 5.74) is 2.54. The van der Waals surface area contributed by atoms with E-state index in [1.807, 2.05) is 42.5 Å². The Morgan fingerprint density at radius 1 is 1.13 bits per heavy atom. The fourth-order valence-electron chi connectivity index (χ4n) is 2.27. The van der Waals surface area contributed by atoms with E-state index in [1.54, 1.807) is 6.92 Å². The molecule has 6 heteroatoms. The second-order valence-electron chi connectivity index (χ2n) is 4.89. The Morgan fingerprint density at radius 3 is 2.74 bits per heavy atom. The number of amides is 1. The second kappa shape index (κ2) is 6.58. The highest BCUT2D eigenvalue weighted by Gasteiger charge is 2.06. The van der Waals surface area contributed by atoms with Crippen LogP contribution in [0.5, 0.6) is 0 Å². The Kier molecular flexibility index (Phi) is 4.34. The number of pyridine rings is 1. The molecule has 2 aromatic carbocycles. The number of aromatic nitrogens is 1. The smallest absolute Gasteiger partial charge is 0.413 e. The molecular formula is C17H15N3O2S. The predicted octanol–water partition coefficient (Wildman–Crippen LogP) is 3.83. The van der Waals surface area contributed by atoms with Crippen LogP contribution in [0.1, 0.15) is 6.92 Å². The van der Waals surface area contributed by atoms with E-state index in [1.165, 1.54) is 0 Å². The highest BCUT2D eigenvalue weighted by atomic mass is 32.1. The van der Waals surface area contributed by atoms with Crippen molar-refractivity contribution >= 4 is 50.9 Å². The number of ether oxygens (including phenoxy) is 1. The lowest BCUT2D eigenvalue weighted by Crippen LogP contribution is -2.34. The maximum Gasteiger partial charge on any atom is 0.413 e. The van der Waals surface area contributed by atoms with Crippen LogP contribution in [0, 0.1) is 0 Å². The van der Waals surface area contributed by atoms with Crippen LogP contribution in [0.4, 0.5) is 10.5 Å². The number of hydrogen-bond acceptors (Lipinski definition) is 4. The number of carbonyl (C=O) groups excluding carboxylic acids is 1. The molecule has 0 aliphatic heterocycles. The molecule has 3 aromatic rings. The van der Waals surface area contributed by atoms with Gasteiger partial charge in [0.1, 0.15) is 0 Å². The number of anilines is 1. The van der Waals surface area contributed by atoms with E-state index in [2.05, 4.69) is 21.7 Å². The molecule has 0 saturated heterocycles. The molecule has 0 fully saturated rings. The Labute approximate surface area is 138 Å². The Morgan fingerprint density at radius 2 is 1.91 bits per heavy atom. The number of nitrogens with one attached hydrogen (secondary N) is 2. The van der Waals surface area contributed by atoms with Gasteiger partial charge >= 0.3 is 6.09 Å². The Bertz CT molecular complexity index is 895. The van der Waals surface area contributed by atoms with Crippen molar-refractivity contribution in [2.24, 2.45) is 0 Å². The topological polar surface area (TPSA) is 63.2 Å². The lowest BCUT2D eigenvalue weighted by Gasteiger charge is -2.10. The molecule has 2 N–H and O–H groups in total. The molecule has 1 amide bonds. The van der Waals surface area contributed by atoms with Crippen LogP contribution in [0.25, 0.3) is 21.8 Å². The first-order chi connectivity index (χ1) is 11.2. The van der Waals surface area contributed by atoms with Crippen LogP contribution < -0.4 is 10.6 Å². The van der Waals surface area contributed by atoms with Crippen molar-refractivity contribution in [3.63, 3.8) is 0 Å². The zero-order valence-electron chi connectivity index (χ0n) is 12.5. The first-order valence-corrected chi connectivity index (χ1v) is 7.61. The molecule has 0 aliphatic carbocycles. The monoisotopic (exact) mass is 325 g/mol. The third-order valence-corrected chi connectivity index (χ3v) is 3.47. The van der Waals surface area contributed by atoms with Crippen LogP contribution in [-0.4, -0.2) is 22.8 Å². The van der Waals surface area contributed by atoms with E-state index >= 15 is 0 Å². The van der Waals surface area contributed by atoms with Crippen molar-refractivity contribution < 1.29 is 9.53 Å². The van der Waals surface area contributed by atoms with E-state index in [0.717, 1.165) is 27.5 Å². The van der Waals surface area contributed by atoms with Gasteiger partial charge in [0, 0.05) is 16.5 Å². The first kappa shape index (κ1) is 15.2. The van der Waals surface area contributed by atoms with Crippen molar-refractivity contribution in [1.82, 2.24) is 10.3 Å². The number of para-hydroxylation sites is 1. The highest BCUT2D eigenvalue weighted by Crippen LogP contribution is 2.22. The van der Waals surface area contributed by atoms with E-state index in [4.69, 9.17) is 17.0 Å². The summed E-state index contributed by atoms with van der Waals surface area (Å²) in [4.78, 5) is 16.0. The molecule has 5 nitrogen and oxygen atoms in total. The number of nitrogens with zero attached hydrogens (tertiary/aromatic N) is 1. The lowest BCUT2D eigenvalue weighted by atomic mass is 10.1. The number of carbonyl (C=O) groups is 1. The number of thiocarbonyl (C=S) groups is 1. The summed E-state index contributed by atoms with van der Waals surface area (Å²) in [6.45, 7) is 2.02. The molecule has 1 heterocycles. The van der Waals surface area contributed by atoms with Crippen LogP contribution in [-0.2, 0) is 4.74 Å². The van der Waals surface area contributed by atoms with Crippen LogP contribution in [0.15, 0.2) is 48.5 Å². The quantitative estimate of drug-likeness (QED) is 0.554. The van der Waals surface area contributed by atoms with Gasteiger partial charge in [-0.25, -0.2) is 9.78 Å². The normalized spacial score (nSPS) is 10.5. The summed E-state index contributed by atoms with van der Waals surface area (Å²) in [6.07, 6.45) is -0.574. The maximum absolute atomic E-state index is 11.3. The number of benzene rings is 2. The summed E-state index contributed by atoms with van der Waals surface area (Å²) < 4.78 is 4.78. The molecule has 116 valence electrons. The van der Waals surface area contributed by atoms with Crippen LogP contribution >= 0.6 is 12.2 Å². The molecule has 1 aromatic heterocycles. The average Bonchev–Trinajstić information content (AvgIpc) is 2.53. The molecule has 0 spiro atoms. The predicted molar refractivity (Wildman–Crippen MR) is 95.6 cm³/mol. The van der Waals surface area contributed by atoms with Gasteiger partial charge in [0.25, 0.3) is 0 Å². The van der Waals surface area contributed by atoms with E-state index in [0.29, 0.717) is 6.61 Å². The van der Waals surface area contributed by atoms with Crippen LogP contribution in [0.2, 0.25) is 0 Å². The van der Waals surface area contributed by atoms with Crippen molar-refractivity contribution in [3.8, 4) is 0 Å². The molecule has 0 bridgehead atoms. The second-order valence-corrected chi connectivity index (χ2v) is 5.30. The van der Waals surface area contributed by atoms with Crippen molar-refractivity contribution in [1.29, 1.82) is 0 Å². The van der Waals surface area contributed by atoms with Gasteiger partial charge in [-0.1, -0.05) is 24.3 Å². The van der Waals surface area contributed by atoms with E-state index in [-0.39, 0.29) is 5.11 Å². The minimum absolute atomic E-state index is 0.184. The summed E-state index contributed by atoms with van der Waals surface area (Å²) in [5, 5.41) is 7.72. The highest BCUT2D eigenvalue weighted by molar-refractivity contribution is 7.80. The number of rotatable bonds is 2. The van der Waals surface area contributed by atoms with Gasteiger partial charge < -0.3 is 10.1 Å². The minimum Gasteiger partial charge on any atom is -0.450 e. The molecule has 0 aliphatic rings. The molecule has 23 heavy (non-hydrogen) atoms. The fourth-order valence-corrected chi connectivity index (χ4v) is 2.47. The Hall–Kier alpha value is -2.73. The van der Waals surface area contributed by atoms with Gasteiger partial charge in [-0.05, 0) is 43.4 Å². The Balaban J connectivity index is 1.83. The standard InChI is InChI=1S/C17H15N3O2S/c1-2-22-17(21)20-16(23)18-13-8-7-12-9-11-5-3-4-6-14(11)19-15(12)10-13/h3-10H,2H2,1H3,(H2,18,20,21,23). The lowest BCUT2D eigenvalue weighted by molar-refractivity contribution is 0.158. The summed E-state index contributed by atoms with van der Waals surface area (Å²) in [6, 6.07) is 15.8. The van der Waals surface area contributed by atoms with E-state index in [9.17, 15) is 4.79 Å². The van der Waals surface area contributed by atoms with E-state index < -0.39 is 6.09 Å². The zero-order valence-corrected chi connectivity index (χ0v) is 13.3. The summed E-state index contributed by atoms with van der Waals surface area (Å²) in [7, 11) is 0. The number of hydrogen-bond donors (Lipinski definition) is 2. The largest absolute Gasteiger partial charge is 0.450 e. The molecular weight excluding hydrogens is 310 g/mol. The number of alkyl carbamates (subject to hydrolysis) is 1. The fraction of sp³-hybridized carbons (Fsp3) is 0.118. The van der Waals surface area contributed by atoms with Crippen LogP contribution in [0.3, 0.4) is 0 Å². The molecule has 0 saturated carbocycles.